The van der Waals surface area contributed by atoms with Crippen LogP contribution in [0.3, 0.4) is 0 Å². The molecule has 0 aliphatic rings. The molecule has 2 heterocycles. The molecule has 2 atom stereocenters. The van der Waals surface area contributed by atoms with Gasteiger partial charge in [-0.15, -0.1) is 11.3 Å². The summed E-state index contributed by atoms with van der Waals surface area (Å²) in [5.41, 5.74) is 1.53. The summed E-state index contributed by atoms with van der Waals surface area (Å²) in [5, 5.41) is 2.46. The third-order valence-corrected chi connectivity index (χ3v) is 5.74. The fourth-order valence-electron chi connectivity index (χ4n) is 2.56. The lowest BCUT2D eigenvalue weighted by atomic mass is 10.1. The molecule has 2 unspecified atom stereocenters. The Balaban J connectivity index is 2.05. The van der Waals surface area contributed by atoms with E-state index < -0.39 is 12.0 Å². The summed E-state index contributed by atoms with van der Waals surface area (Å²) in [7, 11) is 0. The van der Waals surface area contributed by atoms with Gasteiger partial charge in [0.25, 0.3) is 5.56 Å². The first-order valence-corrected chi connectivity index (χ1v) is 10.0. The predicted molar refractivity (Wildman–Crippen MR) is 108 cm³/mol. The number of hydrogen-bond acceptors (Lipinski definition) is 5. The van der Waals surface area contributed by atoms with Gasteiger partial charge in [-0.25, -0.2) is 9.78 Å². The summed E-state index contributed by atoms with van der Waals surface area (Å²) in [6, 6.07) is 7.03. The van der Waals surface area contributed by atoms with E-state index in [0.29, 0.717) is 10.2 Å². The third kappa shape index (κ3) is 3.59. The van der Waals surface area contributed by atoms with Gasteiger partial charge in [-0.2, -0.15) is 0 Å². The summed E-state index contributed by atoms with van der Waals surface area (Å²) in [4.78, 5) is 30.4. The minimum atomic E-state index is -0.730. The number of hydrogen-bond donors (Lipinski definition) is 0. The third-order valence-electron chi connectivity index (χ3n) is 4.33. The zero-order valence-corrected chi connectivity index (χ0v) is 17.1. The Bertz CT molecular complexity index is 994. The molecule has 3 rings (SSSR count). The minimum Gasteiger partial charge on any atom is -0.461 e. The fraction of sp³-hybridized carbons (Fsp3) is 0.316. The van der Waals surface area contributed by atoms with E-state index in [9.17, 15) is 9.59 Å². The molecule has 0 saturated heterocycles. The lowest BCUT2D eigenvalue weighted by molar-refractivity contribution is -0.152. The van der Waals surface area contributed by atoms with E-state index in [-0.39, 0.29) is 11.7 Å². The maximum Gasteiger partial charge on any atom is 0.329 e. The van der Waals surface area contributed by atoms with E-state index >= 15 is 0 Å². The molecule has 1 aromatic carbocycles. The van der Waals surface area contributed by atoms with Crippen molar-refractivity contribution in [2.24, 2.45) is 0 Å². The summed E-state index contributed by atoms with van der Waals surface area (Å²) in [6.07, 6.45) is 1.97. The van der Waals surface area contributed by atoms with Gasteiger partial charge in [0.15, 0.2) is 0 Å². The number of halogens is 1. The van der Waals surface area contributed by atoms with Crippen LogP contribution < -0.4 is 5.56 Å². The largest absolute Gasteiger partial charge is 0.461 e. The molecule has 0 radical (unpaired) electrons. The molecule has 2 aromatic heterocycles. The van der Waals surface area contributed by atoms with Crippen LogP contribution in [0.2, 0.25) is 0 Å². The summed E-state index contributed by atoms with van der Waals surface area (Å²) >= 11 is 4.84. The predicted octanol–water partition coefficient (Wildman–Crippen LogP) is 4.79. The Hall–Kier alpha value is -1.99. The zero-order chi connectivity index (χ0) is 18.8. The number of fused-ring (bicyclic) bond motifs is 1. The van der Waals surface area contributed by atoms with Crippen molar-refractivity contribution in [1.82, 2.24) is 9.55 Å². The molecular weight excluding hydrogens is 416 g/mol. The first-order chi connectivity index (χ1) is 12.4. The number of carbonyl (C=O) groups excluding carboxylic acids is 1. The van der Waals surface area contributed by atoms with Gasteiger partial charge in [0.05, 0.1) is 17.8 Å². The molecule has 0 N–H and O–H groups in total. The van der Waals surface area contributed by atoms with Crippen molar-refractivity contribution in [3.8, 4) is 11.1 Å². The summed E-state index contributed by atoms with van der Waals surface area (Å²) in [6.45, 7) is 5.43. The molecule has 0 bridgehead atoms. The Morgan fingerprint density at radius 3 is 2.65 bits per heavy atom. The second-order valence-corrected chi connectivity index (χ2v) is 7.90. The molecule has 0 aliphatic heterocycles. The molecule has 0 amide bonds. The van der Waals surface area contributed by atoms with Crippen LogP contribution in [-0.2, 0) is 9.53 Å². The summed E-state index contributed by atoms with van der Waals surface area (Å²) in [5.74, 6) is -0.428. The number of rotatable bonds is 5. The number of benzene rings is 1. The van der Waals surface area contributed by atoms with Crippen molar-refractivity contribution >= 4 is 43.5 Å². The van der Waals surface area contributed by atoms with E-state index in [2.05, 4.69) is 20.9 Å². The van der Waals surface area contributed by atoms with Gasteiger partial charge in [-0.05, 0) is 38.0 Å². The van der Waals surface area contributed by atoms with Gasteiger partial charge < -0.3 is 4.74 Å². The first kappa shape index (κ1) is 18.8. The van der Waals surface area contributed by atoms with Gasteiger partial charge in [-0.3, -0.25) is 9.36 Å². The van der Waals surface area contributed by atoms with Crippen molar-refractivity contribution in [2.45, 2.75) is 39.3 Å². The number of aromatic nitrogens is 2. The molecule has 0 saturated carbocycles. The van der Waals surface area contributed by atoms with Crippen LogP contribution in [0.4, 0.5) is 0 Å². The van der Waals surface area contributed by atoms with Crippen LogP contribution in [0.15, 0.2) is 45.2 Å². The smallest absolute Gasteiger partial charge is 0.329 e. The Labute approximate surface area is 163 Å². The molecule has 26 heavy (non-hydrogen) atoms. The van der Waals surface area contributed by atoms with Crippen LogP contribution in [0.1, 0.15) is 33.2 Å². The first-order valence-electron chi connectivity index (χ1n) is 8.37. The number of nitrogens with zero attached hydrogens (tertiary/aromatic N) is 2. The highest BCUT2D eigenvalue weighted by molar-refractivity contribution is 9.10. The topological polar surface area (TPSA) is 61.2 Å². The van der Waals surface area contributed by atoms with Crippen molar-refractivity contribution < 1.29 is 9.53 Å². The van der Waals surface area contributed by atoms with Gasteiger partial charge >= 0.3 is 5.97 Å². The van der Waals surface area contributed by atoms with Gasteiger partial charge in [-0.1, -0.05) is 35.0 Å². The molecule has 0 spiro atoms. The van der Waals surface area contributed by atoms with Crippen LogP contribution in [0, 0.1) is 0 Å². The van der Waals surface area contributed by atoms with Crippen molar-refractivity contribution in [3.05, 3.63) is 50.8 Å². The van der Waals surface area contributed by atoms with E-state index in [1.54, 1.807) is 6.92 Å². The maximum absolute atomic E-state index is 13.1. The number of thiophene rings is 1. The Morgan fingerprint density at radius 1 is 1.31 bits per heavy atom. The minimum absolute atomic E-state index is 0.184. The highest BCUT2D eigenvalue weighted by atomic mass is 79.9. The second-order valence-electron chi connectivity index (χ2n) is 6.13. The standard InChI is InChI=1S/C19H19BrN2O3S/c1-4-11(2)25-19(24)12(3)22-10-21-17-16(18(22)23)15(9-26-17)13-5-7-14(20)8-6-13/h5-12H,4H2,1-3H3. The van der Waals surface area contributed by atoms with E-state index in [0.717, 1.165) is 22.0 Å². The second kappa shape index (κ2) is 7.72. The zero-order valence-electron chi connectivity index (χ0n) is 14.7. The van der Waals surface area contributed by atoms with E-state index in [1.807, 2.05) is 43.5 Å². The van der Waals surface area contributed by atoms with Crippen LogP contribution in [-0.4, -0.2) is 21.6 Å². The number of carbonyl (C=O) groups is 1. The normalized spacial score (nSPS) is 13.5. The molecule has 5 nitrogen and oxygen atoms in total. The quantitative estimate of drug-likeness (QED) is 0.541. The number of ether oxygens (including phenoxy) is 1. The van der Waals surface area contributed by atoms with Gasteiger partial charge in [0.1, 0.15) is 10.9 Å². The molecule has 136 valence electrons. The summed E-state index contributed by atoms with van der Waals surface area (Å²) < 4.78 is 7.68. The van der Waals surface area contributed by atoms with E-state index in [1.165, 1.54) is 22.2 Å². The van der Waals surface area contributed by atoms with Gasteiger partial charge in [0.2, 0.25) is 0 Å². The highest BCUT2D eigenvalue weighted by Crippen LogP contribution is 2.31. The van der Waals surface area contributed by atoms with Gasteiger partial charge in [0, 0.05) is 15.4 Å². The number of esters is 1. The molecule has 3 aromatic rings. The van der Waals surface area contributed by atoms with Crippen molar-refractivity contribution in [1.29, 1.82) is 0 Å². The molecule has 7 heteroatoms. The van der Waals surface area contributed by atoms with Crippen molar-refractivity contribution in [2.75, 3.05) is 0 Å². The van der Waals surface area contributed by atoms with Crippen LogP contribution in [0.5, 0.6) is 0 Å². The molecule has 0 fully saturated rings. The molecular formula is C19H19BrN2O3S. The molecule has 0 aliphatic carbocycles. The lowest BCUT2D eigenvalue weighted by Crippen LogP contribution is -2.31. The van der Waals surface area contributed by atoms with Crippen molar-refractivity contribution in [3.63, 3.8) is 0 Å². The van der Waals surface area contributed by atoms with Crippen LogP contribution >= 0.6 is 27.3 Å². The monoisotopic (exact) mass is 434 g/mol. The lowest BCUT2D eigenvalue weighted by Gasteiger charge is -2.17. The average molecular weight is 435 g/mol. The maximum atomic E-state index is 13.1. The Kier molecular flexibility index (Phi) is 5.58. The van der Waals surface area contributed by atoms with Crippen LogP contribution in [0.25, 0.3) is 21.3 Å². The average Bonchev–Trinajstić information content (AvgIpc) is 3.07. The Morgan fingerprint density at radius 2 is 2.00 bits per heavy atom. The fourth-order valence-corrected chi connectivity index (χ4v) is 3.73. The van der Waals surface area contributed by atoms with E-state index in [4.69, 9.17) is 4.74 Å². The SMILES string of the molecule is CCC(C)OC(=O)C(C)n1cnc2scc(-c3ccc(Br)cc3)c2c1=O. The highest BCUT2D eigenvalue weighted by Gasteiger charge is 2.22.